The van der Waals surface area contributed by atoms with E-state index in [4.69, 9.17) is 9.47 Å². The zero-order valence-corrected chi connectivity index (χ0v) is 13.3. The fraction of sp³-hybridized carbons (Fsp3) is 0.529. The van der Waals surface area contributed by atoms with Crippen molar-refractivity contribution in [1.29, 1.82) is 0 Å². The van der Waals surface area contributed by atoms with Gasteiger partial charge in [0, 0.05) is 6.42 Å². The molecule has 1 aromatic heterocycles. The first-order valence-corrected chi connectivity index (χ1v) is 7.76. The van der Waals surface area contributed by atoms with Crippen LogP contribution in [0.3, 0.4) is 0 Å². The summed E-state index contributed by atoms with van der Waals surface area (Å²) in [7, 11) is 3.00. The Hall–Kier alpha value is -2.04. The molecule has 0 radical (unpaired) electrons. The number of methoxy groups -OCH3 is 2. The van der Waals surface area contributed by atoms with Crippen molar-refractivity contribution in [2.45, 2.75) is 32.6 Å². The molecule has 3 rings (SSSR count). The number of rotatable bonds is 4. The molecule has 1 aliphatic carbocycles. The zero-order chi connectivity index (χ0) is 15.7. The van der Waals surface area contributed by atoms with Crippen molar-refractivity contribution < 1.29 is 14.3 Å². The number of hydrogen-bond acceptors (Lipinski definition) is 4. The number of aromatic nitrogens is 2. The molecule has 5 nitrogen and oxygen atoms in total. The molecule has 22 heavy (non-hydrogen) atoms. The second-order valence-corrected chi connectivity index (χ2v) is 6.20. The van der Waals surface area contributed by atoms with Gasteiger partial charge in [-0.05, 0) is 36.8 Å². The summed E-state index contributed by atoms with van der Waals surface area (Å²) in [6, 6.07) is 3.48. The van der Waals surface area contributed by atoms with Crippen molar-refractivity contribution in [2.24, 2.45) is 11.8 Å². The largest absolute Gasteiger partial charge is 0.494 e. The van der Waals surface area contributed by atoms with Crippen LogP contribution in [0.1, 0.15) is 42.4 Å². The van der Waals surface area contributed by atoms with Crippen molar-refractivity contribution in [3.05, 3.63) is 23.5 Å². The van der Waals surface area contributed by atoms with Gasteiger partial charge in [-0.25, -0.2) is 9.78 Å². The number of fused-ring (bicyclic) bond motifs is 1. The third-order valence-electron chi connectivity index (χ3n) is 4.57. The van der Waals surface area contributed by atoms with Crippen LogP contribution in [0.2, 0.25) is 0 Å². The van der Waals surface area contributed by atoms with E-state index < -0.39 is 0 Å². The van der Waals surface area contributed by atoms with Crippen LogP contribution >= 0.6 is 0 Å². The average Bonchev–Trinajstić information content (AvgIpc) is 3.11. The predicted octanol–water partition coefficient (Wildman–Crippen LogP) is 3.34. The summed E-state index contributed by atoms with van der Waals surface area (Å²) in [5.41, 5.74) is 1.87. The molecule has 1 N–H and O–H groups in total. The van der Waals surface area contributed by atoms with Gasteiger partial charge in [-0.2, -0.15) is 0 Å². The van der Waals surface area contributed by atoms with Crippen molar-refractivity contribution >= 4 is 17.0 Å². The first-order valence-electron chi connectivity index (χ1n) is 7.76. The van der Waals surface area contributed by atoms with Crippen molar-refractivity contribution in [3.63, 3.8) is 0 Å². The number of aromatic amines is 1. The van der Waals surface area contributed by atoms with Gasteiger partial charge in [-0.3, -0.25) is 0 Å². The molecule has 0 spiro atoms. The Bertz CT molecular complexity index is 693. The SMILES string of the molecule is COC(=O)c1ccc(OC)c2[nH]c(CC3CCC(C)C3)nc12. The van der Waals surface area contributed by atoms with Gasteiger partial charge in [-0.1, -0.05) is 13.3 Å². The monoisotopic (exact) mass is 302 g/mol. The van der Waals surface area contributed by atoms with E-state index in [0.717, 1.165) is 23.7 Å². The highest BCUT2D eigenvalue weighted by molar-refractivity contribution is 6.03. The number of H-pyrrole nitrogens is 1. The third-order valence-corrected chi connectivity index (χ3v) is 4.57. The van der Waals surface area contributed by atoms with E-state index in [-0.39, 0.29) is 5.97 Å². The maximum absolute atomic E-state index is 11.9. The van der Waals surface area contributed by atoms with E-state index in [9.17, 15) is 4.79 Å². The number of hydrogen-bond donors (Lipinski definition) is 1. The predicted molar refractivity (Wildman–Crippen MR) is 84.2 cm³/mol. The normalized spacial score (nSPS) is 21.2. The zero-order valence-electron chi connectivity index (χ0n) is 13.3. The lowest BCUT2D eigenvalue weighted by molar-refractivity contribution is 0.0603. The molecular formula is C17H22N2O3. The average molecular weight is 302 g/mol. The van der Waals surface area contributed by atoms with Gasteiger partial charge in [0.2, 0.25) is 0 Å². The van der Waals surface area contributed by atoms with Crippen LogP contribution in [0, 0.1) is 11.8 Å². The Morgan fingerprint density at radius 1 is 1.36 bits per heavy atom. The molecule has 1 heterocycles. The van der Waals surface area contributed by atoms with Crippen LogP contribution in [-0.2, 0) is 11.2 Å². The Balaban J connectivity index is 1.97. The number of imidazole rings is 1. The minimum Gasteiger partial charge on any atom is -0.494 e. The van der Waals surface area contributed by atoms with Gasteiger partial charge in [0.25, 0.3) is 0 Å². The molecule has 0 amide bonds. The van der Waals surface area contributed by atoms with Gasteiger partial charge in [0.15, 0.2) is 0 Å². The fourth-order valence-electron chi connectivity index (χ4n) is 3.44. The Morgan fingerprint density at radius 3 is 2.82 bits per heavy atom. The molecule has 118 valence electrons. The van der Waals surface area contributed by atoms with E-state index in [1.807, 2.05) is 0 Å². The maximum Gasteiger partial charge on any atom is 0.340 e. The van der Waals surface area contributed by atoms with Gasteiger partial charge in [0.05, 0.1) is 19.8 Å². The second-order valence-electron chi connectivity index (χ2n) is 6.20. The van der Waals surface area contributed by atoms with Crippen molar-refractivity contribution in [1.82, 2.24) is 9.97 Å². The molecule has 2 atom stereocenters. The first-order chi connectivity index (χ1) is 10.6. The summed E-state index contributed by atoms with van der Waals surface area (Å²) in [5.74, 6) is 2.71. The third kappa shape index (κ3) is 2.67. The van der Waals surface area contributed by atoms with Gasteiger partial charge in [-0.15, -0.1) is 0 Å². The van der Waals surface area contributed by atoms with Crippen LogP contribution < -0.4 is 4.74 Å². The molecule has 2 aromatic rings. The molecule has 1 fully saturated rings. The van der Waals surface area contributed by atoms with E-state index in [1.165, 1.54) is 26.4 Å². The highest BCUT2D eigenvalue weighted by Crippen LogP contribution is 2.33. The number of nitrogens with one attached hydrogen (secondary N) is 1. The molecule has 1 saturated carbocycles. The van der Waals surface area contributed by atoms with E-state index in [2.05, 4.69) is 16.9 Å². The molecule has 0 bridgehead atoms. The summed E-state index contributed by atoms with van der Waals surface area (Å²) in [5, 5.41) is 0. The van der Waals surface area contributed by atoms with E-state index >= 15 is 0 Å². The standard InChI is InChI=1S/C17H22N2O3/c1-10-4-5-11(8-10)9-14-18-15-12(17(20)22-3)6-7-13(21-2)16(15)19-14/h6-7,10-11H,4-5,8-9H2,1-3H3,(H,18,19). The first kappa shape index (κ1) is 14.9. The van der Waals surface area contributed by atoms with Crippen molar-refractivity contribution in [2.75, 3.05) is 14.2 Å². The quantitative estimate of drug-likeness (QED) is 0.880. The van der Waals surface area contributed by atoms with Crippen molar-refractivity contribution in [3.8, 4) is 5.75 Å². The minimum absolute atomic E-state index is 0.375. The summed E-state index contributed by atoms with van der Waals surface area (Å²) in [6.07, 6.45) is 4.71. The number of carbonyl (C=O) groups excluding carboxylic acids is 1. The number of benzene rings is 1. The Morgan fingerprint density at radius 2 is 2.18 bits per heavy atom. The summed E-state index contributed by atoms with van der Waals surface area (Å²) in [6.45, 7) is 2.30. The van der Waals surface area contributed by atoms with E-state index in [1.54, 1.807) is 19.2 Å². The summed E-state index contributed by atoms with van der Waals surface area (Å²) < 4.78 is 10.2. The van der Waals surface area contributed by atoms with Crippen LogP contribution in [0.5, 0.6) is 5.75 Å². The molecule has 0 saturated heterocycles. The molecule has 1 aromatic carbocycles. The fourth-order valence-corrected chi connectivity index (χ4v) is 3.44. The lowest BCUT2D eigenvalue weighted by Crippen LogP contribution is -2.03. The van der Waals surface area contributed by atoms with E-state index in [0.29, 0.717) is 22.7 Å². The number of ether oxygens (including phenoxy) is 2. The second kappa shape index (κ2) is 5.99. The lowest BCUT2D eigenvalue weighted by Gasteiger charge is -2.06. The number of esters is 1. The number of nitrogens with zero attached hydrogens (tertiary/aromatic N) is 1. The highest BCUT2D eigenvalue weighted by atomic mass is 16.5. The molecular weight excluding hydrogens is 280 g/mol. The molecule has 0 aliphatic heterocycles. The molecule has 5 heteroatoms. The highest BCUT2D eigenvalue weighted by Gasteiger charge is 2.24. The molecule has 2 unspecified atom stereocenters. The van der Waals surface area contributed by atoms with Crippen LogP contribution in [-0.4, -0.2) is 30.2 Å². The van der Waals surface area contributed by atoms with Gasteiger partial charge in [0.1, 0.15) is 22.6 Å². The van der Waals surface area contributed by atoms with Crippen LogP contribution in [0.15, 0.2) is 12.1 Å². The Kier molecular flexibility index (Phi) is 4.05. The van der Waals surface area contributed by atoms with Gasteiger partial charge < -0.3 is 14.5 Å². The maximum atomic E-state index is 11.9. The smallest absolute Gasteiger partial charge is 0.340 e. The topological polar surface area (TPSA) is 64.2 Å². The molecule has 1 aliphatic rings. The summed E-state index contributed by atoms with van der Waals surface area (Å²) >= 11 is 0. The number of carbonyl (C=O) groups is 1. The van der Waals surface area contributed by atoms with Gasteiger partial charge >= 0.3 is 5.97 Å². The minimum atomic E-state index is -0.375. The lowest BCUT2D eigenvalue weighted by atomic mass is 10.0. The Labute approximate surface area is 130 Å². The van der Waals surface area contributed by atoms with Crippen LogP contribution in [0.4, 0.5) is 0 Å². The van der Waals surface area contributed by atoms with Crippen LogP contribution in [0.25, 0.3) is 11.0 Å². The summed E-state index contributed by atoms with van der Waals surface area (Å²) in [4.78, 5) is 19.9.